The van der Waals surface area contributed by atoms with E-state index in [9.17, 15) is 9.59 Å². The fraction of sp³-hybridized carbons (Fsp3) is 0.652. The largest absolute Gasteiger partial charge is 0.349 e. The van der Waals surface area contributed by atoms with Gasteiger partial charge in [-0.1, -0.05) is 57.1 Å². The minimum Gasteiger partial charge on any atom is -0.349 e. The van der Waals surface area contributed by atoms with Crippen LogP contribution in [0, 0.1) is 0 Å². The molecule has 1 aromatic carbocycles. The van der Waals surface area contributed by atoms with Crippen LogP contribution in [0.3, 0.4) is 0 Å². The molecule has 0 spiro atoms. The maximum atomic E-state index is 12.9. The molecule has 28 heavy (non-hydrogen) atoms. The molecule has 0 aromatic heterocycles. The lowest BCUT2D eigenvalue weighted by Gasteiger charge is -2.31. The van der Waals surface area contributed by atoms with Crippen molar-refractivity contribution in [3.63, 3.8) is 0 Å². The number of nitrogens with one attached hydrogen (secondary N) is 1. The van der Waals surface area contributed by atoms with Crippen molar-refractivity contribution < 1.29 is 9.59 Å². The molecule has 4 nitrogen and oxygen atoms in total. The summed E-state index contributed by atoms with van der Waals surface area (Å²) in [4.78, 5) is 28.3. The molecule has 3 rings (SSSR count). The standard InChI is InChI=1S/C23H34N2O2S/c1-25(19-13-7-4-8-14-19)22(26)17-28-21-16-10-9-15-20(21)23(27)24-18-11-5-2-3-6-12-18/h9-10,15-16,18-19H,2-8,11-14,17H2,1H3,(H,24,27). The quantitative estimate of drug-likeness (QED) is 0.537. The van der Waals surface area contributed by atoms with Crippen molar-refractivity contribution in [2.45, 2.75) is 87.6 Å². The lowest BCUT2D eigenvalue weighted by Crippen LogP contribution is -2.39. The van der Waals surface area contributed by atoms with E-state index in [-0.39, 0.29) is 17.9 Å². The fourth-order valence-corrected chi connectivity index (χ4v) is 5.35. The van der Waals surface area contributed by atoms with Crippen LogP contribution in [-0.4, -0.2) is 41.6 Å². The van der Waals surface area contributed by atoms with E-state index in [1.165, 1.54) is 56.7 Å². The van der Waals surface area contributed by atoms with Crippen LogP contribution in [0.5, 0.6) is 0 Å². The van der Waals surface area contributed by atoms with Gasteiger partial charge in [0.25, 0.3) is 5.91 Å². The molecule has 0 saturated heterocycles. The van der Waals surface area contributed by atoms with Gasteiger partial charge < -0.3 is 10.2 Å². The Morgan fingerprint density at radius 3 is 2.29 bits per heavy atom. The molecule has 5 heteroatoms. The van der Waals surface area contributed by atoms with Crippen LogP contribution in [0.1, 0.15) is 81.0 Å². The number of amides is 2. The Morgan fingerprint density at radius 1 is 0.964 bits per heavy atom. The Balaban J connectivity index is 1.56. The molecule has 2 saturated carbocycles. The summed E-state index contributed by atoms with van der Waals surface area (Å²) in [6.07, 6.45) is 13.1. The highest BCUT2D eigenvalue weighted by atomic mass is 32.2. The Labute approximate surface area is 173 Å². The van der Waals surface area contributed by atoms with Crippen LogP contribution in [0.2, 0.25) is 0 Å². The molecule has 2 aliphatic rings. The summed E-state index contributed by atoms with van der Waals surface area (Å²) in [5.41, 5.74) is 0.699. The topological polar surface area (TPSA) is 49.4 Å². The number of carbonyl (C=O) groups is 2. The molecule has 0 atom stereocenters. The zero-order valence-electron chi connectivity index (χ0n) is 17.1. The van der Waals surface area contributed by atoms with Gasteiger partial charge in [0.05, 0.1) is 11.3 Å². The molecule has 0 radical (unpaired) electrons. The van der Waals surface area contributed by atoms with Gasteiger partial charge in [0.15, 0.2) is 0 Å². The molecule has 2 aliphatic carbocycles. The summed E-state index contributed by atoms with van der Waals surface area (Å²) in [6, 6.07) is 8.36. The molecule has 0 unspecified atom stereocenters. The Bertz CT molecular complexity index is 650. The minimum absolute atomic E-state index is 0.00286. The van der Waals surface area contributed by atoms with E-state index in [1.807, 2.05) is 36.2 Å². The maximum absolute atomic E-state index is 12.9. The third-order valence-electron chi connectivity index (χ3n) is 6.19. The first-order valence-corrected chi connectivity index (χ1v) is 11.9. The van der Waals surface area contributed by atoms with Gasteiger partial charge in [-0.15, -0.1) is 11.8 Å². The van der Waals surface area contributed by atoms with E-state index in [0.717, 1.165) is 30.6 Å². The number of nitrogens with zero attached hydrogens (tertiary/aromatic N) is 1. The van der Waals surface area contributed by atoms with Gasteiger partial charge in [-0.2, -0.15) is 0 Å². The van der Waals surface area contributed by atoms with E-state index in [1.54, 1.807) is 0 Å². The Hall–Kier alpha value is -1.49. The Morgan fingerprint density at radius 2 is 1.57 bits per heavy atom. The number of thioether (sulfide) groups is 1. The number of hydrogen-bond donors (Lipinski definition) is 1. The average molecular weight is 403 g/mol. The van der Waals surface area contributed by atoms with Gasteiger partial charge >= 0.3 is 0 Å². The van der Waals surface area contributed by atoms with E-state index in [0.29, 0.717) is 17.4 Å². The van der Waals surface area contributed by atoms with Crippen LogP contribution in [0.25, 0.3) is 0 Å². The van der Waals surface area contributed by atoms with Crippen molar-refractivity contribution in [3.05, 3.63) is 29.8 Å². The molecule has 154 valence electrons. The molecular formula is C23H34N2O2S. The van der Waals surface area contributed by atoms with Gasteiger partial charge in [-0.25, -0.2) is 0 Å². The van der Waals surface area contributed by atoms with E-state index in [2.05, 4.69) is 5.32 Å². The van der Waals surface area contributed by atoms with Gasteiger partial charge in [-0.3, -0.25) is 9.59 Å². The lowest BCUT2D eigenvalue weighted by molar-refractivity contribution is -0.129. The molecule has 2 amide bonds. The zero-order chi connectivity index (χ0) is 19.8. The molecule has 1 aromatic rings. The smallest absolute Gasteiger partial charge is 0.252 e. The van der Waals surface area contributed by atoms with Crippen LogP contribution in [0.15, 0.2) is 29.2 Å². The Kier molecular flexibility index (Phi) is 8.26. The third kappa shape index (κ3) is 6.00. The van der Waals surface area contributed by atoms with Gasteiger partial charge in [-0.05, 0) is 37.8 Å². The average Bonchev–Trinajstić information content (AvgIpc) is 3.01. The first-order chi connectivity index (χ1) is 13.6. The van der Waals surface area contributed by atoms with Crippen molar-refractivity contribution >= 4 is 23.6 Å². The second-order valence-corrected chi connectivity index (χ2v) is 9.26. The first kappa shape index (κ1) is 21.2. The van der Waals surface area contributed by atoms with Crippen LogP contribution in [-0.2, 0) is 4.79 Å². The molecule has 1 N–H and O–H groups in total. The predicted molar refractivity (Wildman–Crippen MR) is 116 cm³/mol. The zero-order valence-corrected chi connectivity index (χ0v) is 17.9. The van der Waals surface area contributed by atoms with E-state index < -0.39 is 0 Å². The summed E-state index contributed by atoms with van der Waals surface area (Å²) < 4.78 is 0. The summed E-state index contributed by atoms with van der Waals surface area (Å²) in [5, 5.41) is 3.23. The normalized spacial score (nSPS) is 19.0. The minimum atomic E-state index is 0.00286. The highest BCUT2D eigenvalue weighted by Gasteiger charge is 2.23. The SMILES string of the molecule is CN(C(=O)CSc1ccccc1C(=O)NC1CCCCCC1)C1CCCCC1. The third-order valence-corrected chi connectivity index (χ3v) is 7.25. The number of benzene rings is 1. The second kappa shape index (κ2) is 10.9. The molecule has 0 bridgehead atoms. The van der Waals surface area contributed by atoms with Gasteiger partial charge in [0.2, 0.25) is 5.91 Å². The van der Waals surface area contributed by atoms with Crippen LogP contribution >= 0.6 is 11.8 Å². The summed E-state index contributed by atoms with van der Waals surface area (Å²) in [6.45, 7) is 0. The highest BCUT2D eigenvalue weighted by molar-refractivity contribution is 8.00. The maximum Gasteiger partial charge on any atom is 0.252 e. The number of hydrogen-bond acceptors (Lipinski definition) is 3. The monoisotopic (exact) mass is 402 g/mol. The van der Waals surface area contributed by atoms with Gasteiger partial charge in [0.1, 0.15) is 0 Å². The van der Waals surface area contributed by atoms with Crippen molar-refractivity contribution in [3.8, 4) is 0 Å². The van der Waals surface area contributed by atoms with Crippen molar-refractivity contribution in [1.82, 2.24) is 10.2 Å². The summed E-state index contributed by atoms with van der Waals surface area (Å²) in [5.74, 6) is 0.555. The van der Waals surface area contributed by atoms with E-state index >= 15 is 0 Å². The highest BCUT2D eigenvalue weighted by Crippen LogP contribution is 2.26. The predicted octanol–water partition coefficient (Wildman–Crippen LogP) is 5.02. The summed E-state index contributed by atoms with van der Waals surface area (Å²) >= 11 is 1.49. The molecule has 0 heterocycles. The number of rotatable bonds is 6. The van der Waals surface area contributed by atoms with Gasteiger partial charge in [0, 0.05) is 24.0 Å². The van der Waals surface area contributed by atoms with Crippen molar-refractivity contribution in [2.24, 2.45) is 0 Å². The molecular weight excluding hydrogens is 368 g/mol. The molecule has 2 fully saturated rings. The van der Waals surface area contributed by atoms with Crippen LogP contribution in [0.4, 0.5) is 0 Å². The van der Waals surface area contributed by atoms with Crippen molar-refractivity contribution in [1.29, 1.82) is 0 Å². The van der Waals surface area contributed by atoms with E-state index in [4.69, 9.17) is 0 Å². The fourth-order valence-electron chi connectivity index (χ4n) is 4.38. The lowest BCUT2D eigenvalue weighted by atomic mass is 9.94. The number of carbonyl (C=O) groups excluding carboxylic acids is 2. The summed E-state index contributed by atoms with van der Waals surface area (Å²) in [7, 11) is 1.93. The molecule has 0 aliphatic heterocycles. The first-order valence-electron chi connectivity index (χ1n) is 10.9. The van der Waals surface area contributed by atoms with Crippen molar-refractivity contribution in [2.75, 3.05) is 12.8 Å². The second-order valence-electron chi connectivity index (χ2n) is 8.24. The van der Waals surface area contributed by atoms with Crippen LogP contribution < -0.4 is 5.32 Å².